The second-order valence-electron chi connectivity index (χ2n) is 6.03. The minimum atomic E-state index is -0.366. The first-order chi connectivity index (χ1) is 13.4. The molecule has 0 saturated carbocycles. The molecule has 0 saturated heterocycles. The molecule has 146 valence electrons. The number of ether oxygens (including phenoxy) is 2. The van der Waals surface area contributed by atoms with Gasteiger partial charge in [0.1, 0.15) is 5.82 Å². The zero-order valence-electron chi connectivity index (χ0n) is 15.8. The molecule has 2 aromatic carbocycles. The van der Waals surface area contributed by atoms with Crippen molar-refractivity contribution in [3.8, 4) is 11.5 Å². The van der Waals surface area contributed by atoms with Crippen molar-refractivity contribution in [2.45, 2.75) is 20.8 Å². The molecule has 1 aliphatic rings. The highest BCUT2D eigenvalue weighted by molar-refractivity contribution is 9.10. The number of rotatable bonds is 6. The van der Waals surface area contributed by atoms with Gasteiger partial charge in [-0.05, 0) is 84.7 Å². The van der Waals surface area contributed by atoms with Crippen LogP contribution in [0.25, 0.3) is 6.08 Å². The molecular formula is C21H20BrFN2O3. The highest BCUT2D eigenvalue weighted by Gasteiger charge is 2.29. The second kappa shape index (κ2) is 8.56. The number of hydrazone groups is 1. The lowest BCUT2D eigenvalue weighted by Crippen LogP contribution is -2.21. The van der Waals surface area contributed by atoms with E-state index in [1.165, 1.54) is 29.3 Å². The first-order valence-electron chi connectivity index (χ1n) is 8.91. The zero-order valence-corrected chi connectivity index (χ0v) is 17.4. The van der Waals surface area contributed by atoms with Gasteiger partial charge in [-0.1, -0.05) is 0 Å². The van der Waals surface area contributed by atoms with Gasteiger partial charge in [0, 0.05) is 0 Å². The van der Waals surface area contributed by atoms with Gasteiger partial charge in [-0.2, -0.15) is 10.1 Å². The standard InChI is InChI=1S/C21H20BrFN2O3/c1-4-27-19-12-14(11-18(22)20(19)28-5-2)10-17-13(3)24-25(21(17)26)16-8-6-15(23)7-9-16/h6-12H,4-5H2,1-3H3/b17-10-. The van der Waals surface area contributed by atoms with E-state index in [1.54, 1.807) is 13.0 Å². The van der Waals surface area contributed by atoms with E-state index >= 15 is 0 Å². The highest BCUT2D eigenvalue weighted by Crippen LogP contribution is 2.38. The van der Waals surface area contributed by atoms with Crippen molar-refractivity contribution >= 4 is 39.3 Å². The van der Waals surface area contributed by atoms with E-state index in [1.807, 2.05) is 26.0 Å². The molecule has 0 spiro atoms. The van der Waals surface area contributed by atoms with Crippen LogP contribution in [0.3, 0.4) is 0 Å². The molecule has 0 bridgehead atoms. The summed E-state index contributed by atoms with van der Waals surface area (Å²) in [6.45, 7) is 6.56. The SMILES string of the molecule is CCOc1cc(/C=C2\C(=O)N(c3ccc(F)cc3)N=C2C)cc(Br)c1OCC. The van der Waals surface area contributed by atoms with Crippen LogP contribution in [0.2, 0.25) is 0 Å². The van der Waals surface area contributed by atoms with Gasteiger partial charge < -0.3 is 9.47 Å². The molecule has 2 aromatic rings. The molecular weight excluding hydrogens is 427 g/mol. The number of nitrogens with zero attached hydrogens (tertiary/aromatic N) is 2. The van der Waals surface area contributed by atoms with Crippen LogP contribution < -0.4 is 14.5 Å². The first-order valence-corrected chi connectivity index (χ1v) is 9.70. The first kappa shape index (κ1) is 20.1. The van der Waals surface area contributed by atoms with Crippen molar-refractivity contribution in [2.24, 2.45) is 5.10 Å². The Morgan fingerprint density at radius 1 is 1.14 bits per heavy atom. The van der Waals surface area contributed by atoms with Gasteiger partial charge in [0.15, 0.2) is 11.5 Å². The number of carbonyl (C=O) groups excluding carboxylic acids is 1. The summed E-state index contributed by atoms with van der Waals surface area (Å²) in [5.41, 5.74) is 2.33. The largest absolute Gasteiger partial charge is 0.490 e. The van der Waals surface area contributed by atoms with Gasteiger partial charge >= 0.3 is 0 Å². The summed E-state index contributed by atoms with van der Waals surface area (Å²) in [6, 6.07) is 9.33. The van der Waals surface area contributed by atoms with Crippen LogP contribution in [-0.2, 0) is 4.79 Å². The van der Waals surface area contributed by atoms with Crippen LogP contribution in [0.5, 0.6) is 11.5 Å². The summed E-state index contributed by atoms with van der Waals surface area (Å²) in [4.78, 5) is 12.9. The van der Waals surface area contributed by atoms with E-state index in [0.717, 1.165) is 10.0 Å². The van der Waals surface area contributed by atoms with Crippen molar-refractivity contribution in [1.29, 1.82) is 0 Å². The molecule has 5 nitrogen and oxygen atoms in total. The smallest absolute Gasteiger partial charge is 0.280 e. The van der Waals surface area contributed by atoms with E-state index in [-0.39, 0.29) is 11.7 Å². The van der Waals surface area contributed by atoms with E-state index in [9.17, 15) is 9.18 Å². The molecule has 0 atom stereocenters. The Balaban J connectivity index is 1.96. The summed E-state index contributed by atoms with van der Waals surface area (Å²) < 4.78 is 25.2. The molecule has 7 heteroatoms. The number of halogens is 2. The van der Waals surface area contributed by atoms with Gasteiger partial charge in [-0.3, -0.25) is 4.79 Å². The lowest BCUT2D eigenvalue weighted by atomic mass is 10.1. The maximum atomic E-state index is 13.2. The predicted octanol–water partition coefficient (Wildman–Crippen LogP) is 5.19. The monoisotopic (exact) mass is 446 g/mol. The Morgan fingerprint density at radius 2 is 1.82 bits per heavy atom. The number of benzene rings is 2. The minimum absolute atomic E-state index is 0.271. The molecule has 1 aliphatic heterocycles. The normalized spacial score (nSPS) is 15.2. The summed E-state index contributed by atoms with van der Waals surface area (Å²) >= 11 is 3.51. The van der Waals surface area contributed by atoms with Crippen LogP contribution in [0, 0.1) is 5.82 Å². The topological polar surface area (TPSA) is 51.1 Å². The van der Waals surface area contributed by atoms with Crippen LogP contribution in [0.15, 0.2) is 51.5 Å². The summed E-state index contributed by atoms with van der Waals surface area (Å²) in [7, 11) is 0. The van der Waals surface area contributed by atoms with Crippen LogP contribution in [0.1, 0.15) is 26.3 Å². The quantitative estimate of drug-likeness (QED) is 0.573. The van der Waals surface area contributed by atoms with Crippen LogP contribution in [-0.4, -0.2) is 24.8 Å². The van der Waals surface area contributed by atoms with Gasteiger partial charge in [-0.25, -0.2) is 4.39 Å². The maximum absolute atomic E-state index is 13.2. The van der Waals surface area contributed by atoms with Gasteiger partial charge in [0.25, 0.3) is 5.91 Å². The number of hydrogen-bond acceptors (Lipinski definition) is 4. The maximum Gasteiger partial charge on any atom is 0.280 e. The lowest BCUT2D eigenvalue weighted by molar-refractivity contribution is -0.114. The number of hydrogen-bond donors (Lipinski definition) is 0. The average molecular weight is 447 g/mol. The Hall–Kier alpha value is -2.67. The highest BCUT2D eigenvalue weighted by atomic mass is 79.9. The van der Waals surface area contributed by atoms with E-state index < -0.39 is 0 Å². The van der Waals surface area contributed by atoms with Crippen molar-refractivity contribution in [3.63, 3.8) is 0 Å². The van der Waals surface area contributed by atoms with Crippen LogP contribution in [0.4, 0.5) is 10.1 Å². The molecule has 1 heterocycles. The second-order valence-corrected chi connectivity index (χ2v) is 6.89. The molecule has 28 heavy (non-hydrogen) atoms. The number of amides is 1. The third-order valence-electron chi connectivity index (χ3n) is 4.07. The molecule has 0 fully saturated rings. The molecule has 3 rings (SSSR count). The van der Waals surface area contributed by atoms with E-state index in [4.69, 9.17) is 9.47 Å². The Bertz CT molecular complexity index is 955. The third-order valence-corrected chi connectivity index (χ3v) is 4.65. The number of anilines is 1. The summed E-state index contributed by atoms with van der Waals surface area (Å²) in [5.74, 6) is 0.588. The van der Waals surface area contributed by atoms with Crippen LogP contribution >= 0.6 is 15.9 Å². The Labute approximate surface area is 171 Å². The third kappa shape index (κ3) is 4.09. The molecule has 0 unspecified atom stereocenters. The van der Waals surface area contributed by atoms with E-state index in [2.05, 4.69) is 21.0 Å². The predicted molar refractivity (Wildman–Crippen MR) is 111 cm³/mol. The van der Waals surface area contributed by atoms with Gasteiger partial charge in [-0.15, -0.1) is 0 Å². The Kier molecular flexibility index (Phi) is 6.14. The van der Waals surface area contributed by atoms with Crippen molar-refractivity contribution in [3.05, 3.63) is 57.8 Å². The Morgan fingerprint density at radius 3 is 2.46 bits per heavy atom. The van der Waals surface area contributed by atoms with Crippen molar-refractivity contribution < 1.29 is 18.7 Å². The fourth-order valence-corrected chi connectivity index (χ4v) is 3.40. The summed E-state index contributed by atoms with van der Waals surface area (Å²) in [5, 5.41) is 5.59. The molecule has 0 aliphatic carbocycles. The zero-order chi connectivity index (χ0) is 20.3. The molecule has 1 amide bonds. The van der Waals surface area contributed by atoms with E-state index in [0.29, 0.717) is 41.7 Å². The minimum Gasteiger partial charge on any atom is -0.490 e. The van der Waals surface area contributed by atoms with Gasteiger partial charge in [0.2, 0.25) is 0 Å². The molecule has 0 aromatic heterocycles. The lowest BCUT2D eigenvalue weighted by Gasteiger charge is -2.14. The number of carbonyl (C=O) groups is 1. The average Bonchev–Trinajstić information content (AvgIpc) is 2.94. The molecule has 0 radical (unpaired) electrons. The molecule has 0 N–H and O–H groups in total. The van der Waals surface area contributed by atoms with Crippen molar-refractivity contribution in [1.82, 2.24) is 0 Å². The summed E-state index contributed by atoms with van der Waals surface area (Å²) in [6.07, 6.45) is 1.76. The van der Waals surface area contributed by atoms with Crippen molar-refractivity contribution in [2.75, 3.05) is 18.2 Å². The van der Waals surface area contributed by atoms with Gasteiger partial charge in [0.05, 0.1) is 34.7 Å². The fraction of sp³-hybridized carbons (Fsp3) is 0.238. The fourth-order valence-electron chi connectivity index (χ4n) is 2.83.